The van der Waals surface area contributed by atoms with Gasteiger partial charge in [0.2, 0.25) is 0 Å². The molecule has 0 aliphatic heterocycles. The minimum Gasteiger partial charge on any atom is -0.381 e. The molecule has 0 amide bonds. The maximum absolute atomic E-state index is 5.81. The molecule has 2 aromatic rings. The molecule has 0 atom stereocenters. The summed E-state index contributed by atoms with van der Waals surface area (Å²) in [6.45, 7) is 5.79. The van der Waals surface area contributed by atoms with Crippen LogP contribution in [0.5, 0.6) is 0 Å². The van der Waals surface area contributed by atoms with Crippen LogP contribution in [0, 0.1) is 0 Å². The van der Waals surface area contributed by atoms with Crippen LogP contribution in [-0.2, 0) is 19.5 Å². The molecule has 6 heteroatoms. The molecule has 0 bridgehead atoms. The van der Waals surface area contributed by atoms with Gasteiger partial charge in [-0.1, -0.05) is 18.6 Å². The summed E-state index contributed by atoms with van der Waals surface area (Å²) in [6, 6.07) is 0. The minimum atomic E-state index is 0.536. The third-order valence-electron chi connectivity index (χ3n) is 2.81. The lowest BCUT2D eigenvalue weighted by molar-refractivity contribution is 0.578. The lowest BCUT2D eigenvalue weighted by Crippen LogP contribution is -2.11. The molecular formula is C11H18N6. The molecule has 92 valence electrons. The van der Waals surface area contributed by atoms with Crippen LogP contribution in [0.3, 0.4) is 0 Å². The molecule has 0 saturated heterocycles. The van der Waals surface area contributed by atoms with Crippen molar-refractivity contribution in [3.63, 3.8) is 0 Å². The van der Waals surface area contributed by atoms with Crippen LogP contribution >= 0.6 is 0 Å². The highest BCUT2D eigenvalue weighted by molar-refractivity contribution is 5.33. The highest BCUT2D eigenvalue weighted by Gasteiger charge is 2.11. The Bertz CT molecular complexity index is 484. The maximum atomic E-state index is 5.81. The van der Waals surface area contributed by atoms with Crippen LogP contribution in [0.2, 0.25) is 0 Å². The molecule has 0 aromatic carbocycles. The number of imidazole rings is 1. The maximum Gasteiger partial charge on any atom is 0.169 e. The van der Waals surface area contributed by atoms with Crippen molar-refractivity contribution in [3.8, 4) is 0 Å². The largest absolute Gasteiger partial charge is 0.381 e. The van der Waals surface area contributed by atoms with Crippen molar-refractivity contribution in [2.24, 2.45) is 0 Å². The zero-order valence-corrected chi connectivity index (χ0v) is 10.3. The summed E-state index contributed by atoms with van der Waals surface area (Å²) in [6.07, 6.45) is 5.62. The standard InChI is InChI=1S/C11H18N6/c1-3-5-10-11(12)14-15-17(10)7-9-6-13-8-16(9)4-2/h6,8H,3-5,7,12H2,1-2H3. The molecule has 6 nitrogen and oxygen atoms in total. The lowest BCUT2D eigenvalue weighted by atomic mass is 10.2. The summed E-state index contributed by atoms with van der Waals surface area (Å²) < 4.78 is 3.95. The number of nitrogens with two attached hydrogens (primary N) is 1. The average molecular weight is 234 g/mol. The second kappa shape index (κ2) is 4.99. The van der Waals surface area contributed by atoms with Crippen LogP contribution in [0.1, 0.15) is 31.7 Å². The first-order valence-electron chi connectivity index (χ1n) is 5.93. The molecule has 2 heterocycles. The number of aryl methyl sites for hydroxylation is 1. The summed E-state index contributed by atoms with van der Waals surface area (Å²) in [5.41, 5.74) is 7.94. The molecule has 0 radical (unpaired) electrons. The van der Waals surface area contributed by atoms with E-state index < -0.39 is 0 Å². The van der Waals surface area contributed by atoms with Gasteiger partial charge in [-0.3, -0.25) is 0 Å². The van der Waals surface area contributed by atoms with E-state index in [4.69, 9.17) is 5.73 Å². The Morgan fingerprint density at radius 2 is 2.18 bits per heavy atom. The summed E-state index contributed by atoms with van der Waals surface area (Å²) in [7, 11) is 0. The first kappa shape index (κ1) is 11.6. The van der Waals surface area contributed by atoms with Gasteiger partial charge in [0.15, 0.2) is 5.82 Å². The topological polar surface area (TPSA) is 74.6 Å². The monoisotopic (exact) mass is 234 g/mol. The zero-order chi connectivity index (χ0) is 12.3. The van der Waals surface area contributed by atoms with E-state index in [0.717, 1.165) is 30.8 Å². The van der Waals surface area contributed by atoms with E-state index in [9.17, 15) is 0 Å². The van der Waals surface area contributed by atoms with Gasteiger partial charge in [-0.25, -0.2) is 9.67 Å². The fourth-order valence-corrected chi connectivity index (χ4v) is 1.89. The molecule has 0 unspecified atom stereocenters. The van der Waals surface area contributed by atoms with Gasteiger partial charge in [0.05, 0.1) is 30.5 Å². The Hall–Kier alpha value is -1.85. The molecule has 0 fully saturated rings. The van der Waals surface area contributed by atoms with Crippen LogP contribution < -0.4 is 5.73 Å². The Morgan fingerprint density at radius 3 is 2.88 bits per heavy atom. The van der Waals surface area contributed by atoms with Gasteiger partial charge in [-0.2, -0.15) is 0 Å². The van der Waals surface area contributed by atoms with Crippen molar-refractivity contribution >= 4 is 5.82 Å². The van der Waals surface area contributed by atoms with Gasteiger partial charge in [0.1, 0.15) is 0 Å². The van der Waals surface area contributed by atoms with Crippen LogP contribution in [-0.4, -0.2) is 24.5 Å². The normalized spacial score (nSPS) is 10.9. The Labute approximate surface area is 100 Å². The van der Waals surface area contributed by atoms with Gasteiger partial charge >= 0.3 is 0 Å². The summed E-state index contributed by atoms with van der Waals surface area (Å²) in [4.78, 5) is 4.14. The fraction of sp³-hybridized carbons (Fsp3) is 0.545. The van der Waals surface area contributed by atoms with Crippen LogP contribution in [0.25, 0.3) is 0 Å². The predicted octanol–water partition coefficient (Wildman–Crippen LogP) is 1.08. The summed E-state index contributed by atoms with van der Waals surface area (Å²) in [5, 5.41) is 8.02. The lowest BCUT2D eigenvalue weighted by Gasteiger charge is -2.07. The summed E-state index contributed by atoms with van der Waals surface area (Å²) in [5.74, 6) is 0.536. The molecule has 0 spiro atoms. The number of hydrogen-bond donors (Lipinski definition) is 1. The second-order valence-corrected chi connectivity index (χ2v) is 4.00. The number of nitrogen functional groups attached to an aromatic ring is 1. The van der Waals surface area contributed by atoms with Crippen molar-refractivity contribution in [2.75, 3.05) is 5.73 Å². The van der Waals surface area contributed by atoms with Gasteiger partial charge in [-0.15, -0.1) is 5.10 Å². The molecule has 17 heavy (non-hydrogen) atoms. The van der Waals surface area contributed by atoms with Gasteiger partial charge in [-0.05, 0) is 13.3 Å². The zero-order valence-electron chi connectivity index (χ0n) is 10.3. The van der Waals surface area contributed by atoms with E-state index in [2.05, 4.69) is 33.7 Å². The van der Waals surface area contributed by atoms with Crippen molar-refractivity contribution in [2.45, 2.75) is 39.8 Å². The molecule has 2 rings (SSSR count). The van der Waals surface area contributed by atoms with Crippen molar-refractivity contribution < 1.29 is 0 Å². The fourth-order valence-electron chi connectivity index (χ4n) is 1.89. The van der Waals surface area contributed by atoms with Crippen LogP contribution in [0.4, 0.5) is 5.82 Å². The first-order chi connectivity index (χ1) is 8.26. The van der Waals surface area contributed by atoms with Gasteiger partial charge < -0.3 is 10.3 Å². The van der Waals surface area contributed by atoms with E-state index in [-0.39, 0.29) is 0 Å². The number of rotatable bonds is 5. The number of anilines is 1. The highest BCUT2D eigenvalue weighted by Crippen LogP contribution is 2.12. The highest BCUT2D eigenvalue weighted by atomic mass is 15.4. The smallest absolute Gasteiger partial charge is 0.169 e. The van der Waals surface area contributed by atoms with Crippen molar-refractivity contribution in [1.29, 1.82) is 0 Å². The summed E-state index contributed by atoms with van der Waals surface area (Å²) >= 11 is 0. The molecular weight excluding hydrogens is 216 g/mol. The molecule has 0 aliphatic carbocycles. The van der Waals surface area contributed by atoms with E-state index in [1.165, 1.54) is 0 Å². The second-order valence-electron chi connectivity index (χ2n) is 4.00. The molecule has 2 aromatic heterocycles. The van der Waals surface area contributed by atoms with Crippen LogP contribution in [0.15, 0.2) is 12.5 Å². The number of nitrogens with zero attached hydrogens (tertiary/aromatic N) is 5. The van der Waals surface area contributed by atoms with Gasteiger partial charge in [0.25, 0.3) is 0 Å². The molecule has 0 saturated carbocycles. The number of hydrogen-bond acceptors (Lipinski definition) is 4. The average Bonchev–Trinajstić information content (AvgIpc) is 2.90. The predicted molar refractivity (Wildman–Crippen MR) is 65.4 cm³/mol. The quantitative estimate of drug-likeness (QED) is 0.840. The minimum absolute atomic E-state index is 0.536. The molecule has 2 N–H and O–H groups in total. The van der Waals surface area contributed by atoms with E-state index in [1.807, 2.05) is 17.2 Å². The Kier molecular flexibility index (Phi) is 3.41. The SMILES string of the molecule is CCCc1c(N)nnn1Cc1cncn1CC. The first-order valence-corrected chi connectivity index (χ1v) is 5.93. The number of aromatic nitrogens is 5. The Morgan fingerprint density at radius 1 is 1.35 bits per heavy atom. The van der Waals surface area contributed by atoms with Crippen molar-refractivity contribution in [1.82, 2.24) is 24.5 Å². The van der Waals surface area contributed by atoms with E-state index in [0.29, 0.717) is 12.4 Å². The third kappa shape index (κ3) is 2.30. The third-order valence-corrected chi connectivity index (χ3v) is 2.81. The van der Waals surface area contributed by atoms with Gasteiger partial charge in [0, 0.05) is 6.54 Å². The van der Waals surface area contributed by atoms with E-state index in [1.54, 1.807) is 0 Å². The Balaban J connectivity index is 2.24. The van der Waals surface area contributed by atoms with E-state index >= 15 is 0 Å². The molecule has 0 aliphatic rings. The van der Waals surface area contributed by atoms with Crippen molar-refractivity contribution in [3.05, 3.63) is 23.9 Å².